The van der Waals surface area contributed by atoms with Crippen LogP contribution in [0.5, 0.6) is 11.5 Å². The second kappa shape index (κ2) is 7.71. The van der Waals surface area contributed by atoms with Crippen LogP contribution < -0.4 is 15.2 Å². The maximum atomic E-state index is 11.6. The highest BCUT2D eigenvalue weighted by Crippen LogP contribution is 2.36. The van der Waals surface area contributed by atoms with E-state index in [1.165, 1.54) is 7.11 Å². The van der Waals surface area contributed by atoms with Crippen LogP contribution in [0.3, 0.4) is 0 Å². The van der Waals surface area contributed by atoms with Gasteiger partial charge >= 0.3 is 0 Å². The topological polar surface area (TPSA) is 78.6 Å². The molecule has 0 unspecified atom stereocenters. The Kier molecular flexibility index (Phi) is 6.58. The van der Waals surface area contributed by atoms with Crippen LogP contribution in [0, 0.1) is 0 Å². The number of benzene rings is 1. The molecule has 0 aliphatic rings. The van der Waals surface area contributed by atoms with Gasteiger partial charge in [0.2, 0.25) is 0 Å². The predicted molar refractivity (Wildman–Crippen MR) is 80.3 cm³/mol. The minimum atomic E-state index is -3.08. The molecule has 0 aliphatic carbocycles. The number of nitrogens with two attached hydrogens (primary N) is 1. The average Bonchev–Trinajstić information content (AvgIpc) is 2.39. The zero-order valence-electron chi connectivity index (χ0n) is 11.7. The van der Waals surface area contributed by atoms with Gasteiger partial charge in [0.15, 0.2) is 21.3 Å². The smallest absolute Gasteiger partial charge is 0.179 e. The van der Waals surface area contributed by atoms with Crippen LogP contribution in [0.4, 0.5) is 0 Å². The van der Waals surface area contributed by atoms with Gasteiger partial charge in [-0.15, -0.1) is 0 Å². The Labute approximate surface area is 124 Å². The van der Waals surface area contributed by atoms with Gasteiger partial charge in [0, 0.05) is 6.54 Å². The molecule has 1 rings (SSSR count). The van der Waals surface area contributed by atoms with E-state index >= 15 is 0 Å². The van der Waals surface area contributed by atoms with Gasteiger partial charge in [-0.1, -0.05) is 18.5 Å². The van der Waals surface area contributed by atoms with Crippen molar-refractivity contribution in [3.8, 4) is 11.5 Å². The third-order valence-electron chi connectivity index (χ3n) is 2.68. The highest BCUT2D eigenvalue weighted by atomic mass is 35.5. The summed E-state index contributed by atoms with van der Waals surface area (Å²) in [6.07, 6.45) is 0.595. The van der Waals surface area contributed by atoms with Crippen LogP contribution >= 0.6 is 11.6 Å². The van der Waals surface area contributed by atoms with Gasteiger partial charge in [-0.05, 0) is 24.1 Å². The maximum absolute atomic E-state index is 11.6. The molecular weight excluding hydrogens is 302 g/mol. The molecule has 0 heterocycles. The SMILES string of the molecule is CCCS(=O)(=O)CCOc1c(Cl)cc(CN)cc1OC. The van der Waals surface area contributed by atoms with Crippen molar-refractivity contribution in [2.75, 3.05) is 25.2 Å². The fourth-order valence-electron chi connectivity index (χ4n) is 1.71. The van der Waals surface area contributed by atoms with Gasteiger partial charge in [-0.3, -0.25) is 0 Å². The second-order valence-electron chi connectivity index (χ2n) is 4.31. The first kappa shape index (κ1) is 17.1. The molecule has 0 fully saturated rings. The van der Waals surface area contributed by atoms with Crippen molar-refractivity contribution in [2.45, 2.75) is 19.9 Å². The fourth-order valence-corrected chi connectivity index (χ4v) is 3.17. The molecule has 0 saturated heterocycles. The van der Waals surface area contributed by atoms with Crippen molar-refractivity contribution >= 4 is 21.4 Å². The normalized spacial score (nSPS) is 11.4. The lowest BCUT2D eigenvalue weighted by atomic mass is 10.2. The van der Waals surface area contributed by atoms with Crippen LogP contribution in [-0.4, -0.2) is 33.6 Å². The minimum Gasteiger partial charge on any atom is -0.493 e. The highest BCUT2D eigenvalue weighted by molar-refractivity contribution is 7.91. The molecule has 1 aromatic rings. The van der Waals surface area contributed by atoms with E-state index in [-0.39, 0.29) is 18.1 Å². The molecule has 2 N–H and O–H groups in total. The van der Waals surface area contributed by atoms with E-state index in [0.29, 0.717) is 29.5 Å². The summed E-state index contributed by atoms with van der Waals surface area (Å²) < 4.78 is 33.8. The lowest BCUT2D eigenvalue weighted by Crippen LogP contribution is -2.17. The number of hydrogen-bond acceptors (Lipinski definition) is 5. The van der Waals surface area contributed by atoms with Gasteiger partial charge < -0.3 is 15.2 Å². The van der Waals surface area contributed by atoms with Gasteiger partial charge in [-0.2, -0.15) is 0 Å². The molecule has 114 valence electrons. The monoisotopic (exact) mass is 321 g/mol. The molecule has 0 aliphatic heterocycles. The first-order chi connectivity index (χ1) is 9.43. The number of methoxy groups -OCH3 is 1. The second-order valence-corrected chi connectivity index (χ2v) is 7.02. The number of hydrogen-bond donors (Lipinski definition) is 1. The van der Waals surface area contributed by atoms with E-state index in [9.17, 15) is 8.42 Å². The van der Waals surface area contributed by atoms with E-state index in [2.05, 4.69) is 0 Å². The molecule has 0 saturated carbocycles. The Morgan fingerprint density at radius 3 is 2.55 bits per heavy atom. The molecule has 0 spiro atoms. The zero-order chi connectivity index (χ0) is 15.2. The van der Waals surface area contributed by atoms with Crippen molar-refractivity contribution in [3.63, 3.8) is 0 Å². The van der Waals surface area contributed by atoms with Crippen LogP contribution in [0.25, 0.3) is 0 Å². The molecule has 1 aromatic carbocycles. The first-order valence-corrected chi connectivity index (χ1v) is 8.53. The third-order valence-corrected chi connectivity index (χ3v) is 4.78. The Hall–Kier alpha value is -0.980. The van der Waals surface area contributed by atoms with E-state index < -0.39 is 9.84 Å². The lowest BCUT2D eigenvalue weighted by molar-refractivity contribution is 0.311. The van der Waals surface area contributed by atoms with Crippen LogP contribution in [-0.2, 0) is 16.4 Å². The van der Waals surface area contributed by atoms with E-state index in [4.69, 9.17) is 26.8 Å². The molecule has 0 radical (unpaired) electrons. The highest BCUT2D eigenvalue weighted by Gasteiger charge is 2.14. The number of halogens is 1. The molecule has 5 nitrogen and oxygen atoms in total. The molecule has 7 heteroatoms. The van der Waals surface area contributed by atoms with E-state index in [1.54, 1.807) is 12.1 Å². The van der Waals surface area contributed by atoms with Crippen molar-refractivity contribution in [1.82, 2.24) is 0 Å². The third kappa shape index (κ3) is 4.85. The van der Waals surface area contributed by atoms with E-state index in [0.717, 1.165) is 5.56 Å². The number of sulfone groups is 1. The predicted octanol–water partition coefficient (Wildman–Crippen LogP) is 2.01. The standard InChI is InChI=1S/C13H20ClNO4S/c1-3-5-20(16,17)6-4-19-13-11(14)7-10(9-15)8-12(13)18-2/h7-8H,3-6,9,15H2,1-2H3. The Morgan fingerprint density at radius 2 is 2.00 bits per heavy atom. The summed E-state index contributed by atoms with van der Waals surface area (Å²) in [7, 11) is -1.58. The molecule has 0 aromatic heterocycles. The van der Waals surface area contributed by atoms with Gasteiger partial charge in [0.05, 0.1) is 23.6 Å². The van der Waals surface area contributed by atoms with Gasteiger partial charge in [0.25, 0.3) is 0 Å². The molecule has 0 bridgehead atoms. The van der Waals surface area contributed by atoms with Crippen LogP contribution in [0.2, 0.25) is 5.02 Å². The molecule has 20 heavy (non-hydrogen) atoms. The molecular formula is C13H20ClNO4S. The maximum Gasteiger partial charge on any atom is 0.179 e. The number of rotatable bonds is 8. The van der Waals surface area contributed by atoms with Crippen LogP contribution in [0.15, 0.2) is 12.1 Å². The summed E-state index contributed by atoms with van der Waals surface area (Å²) in [4.78, 5) is 0. The first-order valence-electron chi connectivity index (χ1n) is 6.33. The fraction of sp³-hybridized carbons (Fsp3) is 0.538. The van der Waals surface area contributed by atoms with E-state index in [1.807, 2.05) is 6.92 Å². The van der Waals surface area contributed by atoms with Crippen molar-refractivity contribution in [1.29, 1.82) is 0 Å². The molecule has 0 atom stereocenters. The zero-order valence-corrected chi connectivity index (χ0v) is 13.3. The van der Waals surface area contributed by atoms with Crippen LogP contribution in [0.1, 0.15) is 18.9 Å². The average molecular weight is 322 g/mol. The van der Waals surface area contributed by atoms with Gasteiger partial charge in [-0.25, -0.2) is 8.42 Å². The summed E-state index contributed by atoms with van der Waals surface area (Å²) in [5.41, 5.74) is 6.37. The summed E-state index contributed by atoms with van der Waals surface area (Å²) in [6.45, 7) is 2.20. The van der Waals surface area contributed by atoms with Crippen molar-refractivity contribution in [3.05, 3.63) is 22.7 Å². The Bertz CT molecular complexity index is 546. The van der Waals surface area contributed by atoms with Crippen molar-refractivity contribution < 1.29 is 17.9 Å². The Morgan fingerprint density at radius 1 is 1.30 bits per heavy atom. The van der Waals surface area contributed by atoms with Gasteiger partial charge in [0.1, 0.15) is 6.61 Å². The minimum absolute atomic E-state index is 0.0420. The summed E-state index contributed by atoms with van der Waals surface area (Å²) in [5.74, 6) is 0.913. The Balaban J connectivity index is 2.78. The quantitative estimate of drug-likeness (QED) is 0.792. The summed E-state index contributed by atoms with van der Waals surface area (Å²) >= 11 is 6.09. The largest absolute Gasteiger partial charge is 0.493 e. The lowest BCUT2D eigenvalue weighted by Gasteiger charge is -2.13. The number of ether oxygens (including phenoxy) is 2. The summed E-state index contributed by atoms with van der Waals surface area (Å²) in [6, 6.07) is 3.40. The molecule has 0 amide bonds. The summed E-state index contributed by atoms with van der Waals surface area (Å²) in [5, 5.41) is 0.359. The van der Waals surface area contributed by atoms with Crippen molar-refractivity contribution in [2.24, 2.45) is 5.73 Å².